The van der Waals surface area contributed by atoms with Crippen LogP contribution in [0.15, 0.2) is 111 Å². The standard InChI is InChI=1S/C15H17ClIN3O2.C15H18ClN3O4.C15H18ClN3O3.C15H16ClN3O2.C12H14ClN3O3.C6H4Cl2N2O.C6H13NO3.ClH/c1-15(2)21-11-8(6-17)5-10(12(11)22-15)20-4-3-9-13(16)18-7-19-14(9)20;1-14(2)22-10-9(5-15(21,6-20)11(10)23-14)19-4-3-8-12(16)17-7-18-13(8)19;1-15(2)21-11-8(6-20)5-10(12(11)22-15)19-4-3-9-13(16)17-7-18-14(9)19;1-8-6-10(12-11(8)20-15(2,3)21-12)19-5-4-9-13(16)17-7-18-14(9)19;13-11-7-1-2-16(12(7)15-5-14-11)8-3-6(4-17)9(18)10(8)19;7-5-4(1-2-11)6(8)10-3-9-5;7-4-1-3(2-8)5(9)6(4)10;/h3-4,7-8,10-12H,5-6H2,1-2H3;3-4,7,9-11,20-21H,5-6H2,1-2H3;3-4,7-8,10-12,20H,5-6H2,1-2H3;4-5,7,10-12H,1,6H2,2-3H3;1-2,5-6,8-10,17-19H,3-4H2;2-3H,1H2;3-6,8-10H,1-2,7H2;1H/t8-,10-,11-,12+;9-,10+,11+,15-;8-,10-,11-,12+;10-,11-,12+;6-,8-,9-,10+;;3-,4-,5-,6+;/m11111.1./s1. The highest BCUT2D eigenvalue weighted by Crippen LogP contribution is 2.53. The summed E-state index contributed by atoms with van der Waals surface area (Å²) in [5.74, 6) is -2.55. The Hall–Kier alpha value is -6.08. The molecule has 45 heteroatoms. The molecule has 6 aliphatic carbocycles. The van der Waals surface area contributed by atoms with Crippen molar-refractivity contribution in [2.45, 2.75) is 239 Å². The molecule has 0 aromatic carbocycles. The van der Waals surface area contributed by atoms with Crippen molar-refractivity contribution in [3.05, 3.63) is 153 Å². The Balaban J connectivity index is 0.000000123. The van der Waals surface area contributed by atoms with Crippen molar-refractivity contribution in [2.75, 3.05) is 30.9 Å². The molecular formula is C84H101Cl8IN18O18. The van der Waals surface area contributed by atoms with Gasteiger partial charge < -0.3 is 117 Å². The van der Waals surface area contributed by atoms with Gasteiger partial charge in [-0.1, -0.05) is 110 Å². The first-order valence-electron chi connectivity index (χ1n) is 41.6. The summed E-state index contributed by atoms with van der Waals surface area (Å²) in [6, 6.07) is 8.92. The van der Waals surface area contributed by atoms with E-state index in [2.05, 4.69) is 103 Å². The number of nitrogens with zero attached hydrogens (tertiary/aromatic N) is 17. The number of carbonyl (C=O) groups is 1. The van der Waals surface area contributed by atoms with Crippen molar-refractivity contribution in [2.24, 2.45) is 29.4 Å². The number of aliphatic hydroxyl groups excluding tert-OH is 8. The first-order valence-corrected chi connectivity index (χ1v) is 45.8. The number of alkyl halides is 1. The number of carbonyl (C=O) groups excluding carboxylic acids is 1. The van der Waals surface area contributed by atoms with Gasteiger partial charge in [-0.3, -0.25) is 0 Å². The van der Waals surface area contributed by atoms with Crippen LogP contribution in [0, 0.1) is 23.7 Å². The van der Waals surface area contributed by atoms with Crippen LogP contribution in [-0.2, 0) is 49.1 Å². The van der Waals surface area contributed by atoms with Crippen molar-refractivity contribution in [1.29, 1.82) is 0 Å². The summed E-state index contributed by atoms with van der Waals surface area (Å²) in [6.07, 6.45) is 18.2. The topological polar surface area (TPSA) is 478 Å². The molecule has 36 nitrogen and oxygen atoms in total. The van der Waals surface area contributed by atoms with Gasteiger partial charge >= 0.3 is 0 Å². The lowest BCUT2D eigenvalue weighted by molar-refractivity contribution is -0.187. The zero-order valence-electron chi connectivity index (χ0n) is 71.0. The number of aliphatic hydroxyl groups is 9. The molecule has 6 saturated carbocycles. The van der Waals surface area contributed by atoms with E-state index in [4.69, 9.17) is 140 Å². The Bertz CT molecular complexity index is 5660. The van der Waals surface area contributed by atoms with E-state index in [1.807, 2.05) is 95.2 Å². The number of nitrogens with two attached hydrogens (primary N) is 1. The maximum Gasteiger partial charge on any atom is 0.164 e. The van der Waals surface area contributed by atoms with Crippen LogP contribution in [0.5, 0.6) is 0 Å². The van der Waals surface area contributed by atoms with Crippen molar-refractivity contribution in [3.8, 4) is 0 Å². The Labute approximate surface area is 794 Å². The van der Waals surface area contributed by atoms with E-state index >= 15 is 0 Å². The highest BCUT2D eigenvalue weighted by atomic mass is 127. The van der Waals surface area contributed by atoms with Gasteiger partial charge in [0.25, 0.3) is 0 Å². The minimum atomic E-state index is -1.35. The average molecular weight is 2060 g/mol. The highest BCUT2D eigenvalue weighted by molar-refractivity contribution is 14.1. The summed E-state index contributed by atoms with van der Waals surface area (Å²) in [4.78, 5) is 59.0. The Morgan fingerprint density at radius 3 is 1.15 bits per heavy atom. The van der Waals surface area contributed by atoms with Gasteiger partial charge in [-0.25, -0.2) is 59.8 Å². The number of ether oxygens (including phenoxy) is 8. The summed E-state index contributed by atoms with van der Waals surface area (Å²) in [5, 5.41) is 92.8. The van der Waals surface area contributed by atoms with Gasteiger partial charge in [0, 0.05) is 97.4 Å². The second-order valence-electron chi connectivity index (χ2n) is 35.1. The van der Waals surface area contributed by atoms with Crippen LogP contribution in [0.3, 0.4) is 0 Å². The normalized spacial score (nSPS) is 32.0. The summed E-state index contributed by atoms with van der Waals surface area (Å²) in [6.45, 7) is 18.8. The Morgan fingerprint density at radius 1 is 0.426 bits per heavy atom. The monoisotopic (exact) mass is 2060 g/mol. The second-order valence-corrected chi connectivity index (χ2v) is 38.5. The van der Waals surface area contributed by atoms with Crippen LogP contribution in [0.2, 0.25) is 36.1 Å². The predicted octanol–water partition coefficient (Wildman–Crippen LogP) is 10.5. The number of aromatic nitrogens is 17. The molecule has 0 bridgehead atoms. The van der Waals surface area contributed by atoms with Gasteiger partial charge in [0.2, 0.25) is 0 Å². The molecule has 0 amide bonds. The number of hydrogen-bond donors (Lipinski definition) is 10. The van der Waals surface area contributed by atoms with E-state index in [1.165, 1.54) is 38.0 Å². The highest BCUT2D eigenvalue weighted by Gasteiger charge is 2.62. The van der Waals surface area contributed by atoms with E-state index < -0.39 is 59.3 Å². The molecule has 4 aliphatic heterocycles. The molecule has 0 spiro atoms. The van der Waals surface area contributed by atoms with E-state index in [0.29, 0.717) is 79.5 Å². The second kappa shape index (κ2) is 40.1. The fourth-order valence-corrected chi connectivity index (χ4v) is 21.5. The summed E-state index contributed by atoms with van der Waals surface area (Å²) < 4.78 is 59.4. The smallest absolute Gasteiger partial charge is 0.164 e. The summed E-state index contributed by atoms with van der Waals surface area (Å²) in [7, 11) is 0. The lowest BCUT2D eigenvalue weighted by atomic mass is 10.0. The van der Waals surface area contributed by atoms with Gasteiger partial charge in [0.1, 0.15) is 157 Å². The van der Waals surface area contributed by atoms with E-state index in [9.17, 15) is 35.4 Å². The van der Waals surface area contributed by atoms with E-state index in [1.54, 1.807) is 30.7 Å². The third kappa shape index (κ3) is 20.0. The molecule has 21 rings (SSSR count). The molecule has 698 valence electrons. The van der Waals surface area contributed by atoms with Crippen molar-refractivity contribution >= 4 is 178 Å². The Morgan fingerprint density at radius 2 is 0.760 bits per heavy atom. The third-order valence-electron chi connectivity index (χ3n) is 25.1. The van der Waals surface area contributed by atoms with Crippen molar-refractivity contribution < 1.29 is 88.6 Å². The molecule has 11 aromatic heterocycles. The largest absolute Gasteiger partial charge is 0.396 e. The quantitative estimate of drug-likeness (QED) is 0.0179. The van der Waals surface area contributed by atoms with Crippen LogP contribution in [-0.4, -0.2) is 274 Å². The number of fused-ring (bicyclic) bond motifs is 9. The first kappa shape index (κ1) is 98.9. The zero-order chi connectivity index (χ0) is 91.7. The van der Waals surface area contributed by atoms with Gasteiger partial charge in [0.05, 0.1) is 94.3 Å². The van der Waals surface area contributed by atoms with Crippen LogP contribution in [0.4, 0.5) is 0 Å². The summed E-state index contributed by atoms with van der Waals surface area (Å²) >= 11 is 44.2. The lowest BCUT2D eigenvalue weighted by Gasteiger charge is -2.28. The fourth-order valence-electron chi connectivity index (χ4n) is 19.2. The molecule has 11 aromatic rings. The molecule has 15 heterocycles. The lowest BCUT2D eigenvalue weighted by Crippen LogP contribution is -2.45. The van der Waals surface area contributed by atoms with Crippen molar-refractivity contribution in [1.82, 2.24) is 82.6 Å². The molecule has 11 N–H and O–H groups in total. The fraction of sp³-hybridized carbons (Fsp3) is 0.560. The minimum Gasteiger partial charge on any atom is -0.396 e. The van der Waals surface area contributed by atoms with Crippen LogP contribution >= 0.6 is 116 Å². The molecule has 129 heavy (non-hydrogen) atoms. The van der Waals surface area contributed by atoms with Crippen LogP contribution in [0.1, 0.15) is 130 Å². The van der Waals surface area contributed by atoms with Gasteiger partial charge in [-0.2, -0.15) is 0 Å². The number of rotatable bonds is 12. The molecular weight excluding hydrogens is 1960 g/mol. The molecule has 10 aliphatic rings. The average Bonchev–Trinajstić information content (AvgIpc) is 1.56. The van der Waals surface area contributed by atoms with Gasteiger partial charge in [-0.05, 0) is 129 Å². The SMILES string of the molecule is C=C1C[C@@H](n2ccc3c(Cl)ncnc32)[C@@H]2OC(C)(C)O[C@H]12.CC1(C)O[C@@H]2[C@@H](CI)C[C@@H](n3ccc4c(Cl)ncnc43)[C@@H]2O1.CC1(C)O[C@@H]2[C@@H](CO)C[C@@H](n3ccc4c(Cl)ncnc43)[C@@H]2O1.CC1(C)O[C@H]2[C@H](n3ccc4c(Cl)ncnc43)C[C@@](O)(CO)[C@H]2O1.Cl.N[C@@H]1C[C@H](CO)[C@@H](O)[C@H]1O.O=CCc1c(Cl)ncnc1Cl.OC[C@H]1C[C@@H](n2ccc3c(Cl)ncnc32)[C@H](O)[C@@H]1O. The van der Waals surface area contributed by atoms with E-state index in [-0.39, 0.29) is 152 Å². The predicted molar refractivity (Wildman–Crippen MR) is 487 cm³/mol. The Kier molecular flexibility index (Phi) is 30.7. The van der Waals surface area contributed by atoms with E-state index in [0.717, 1.165) is 67.7 Å². The first-order chi connectivity index (χ1) is 60.9. The van der Waals surface area contributed by atoms with Gasteiger partial charge in [-0.15, -0.1) is 12.4 Å². The maximum atomic E-state index is 10.8. The van der Waals surface area contributed by atoms with Gasteiger partial charge in [0.15, 0.2) is 23.1 Å². The number of hydrogen-bond acceptors (Lipinski definition) is 31. The van der Waals surface area contributed by atoms with Crippen molar-refractivity contribution in [3.63, 3.8) is 0 Å². The summed E-state index contributed by atoms with van der Waals surface area (Å²) in [5.41, 5.74) is 9.37. The minimum absolute atomic E-state index is 0. The molecule has 0 radical (unpaired) electrons. The molecule has 4 saturated heterocycles. The van der Waals surface area contributed by atoms with Crippen LogP contribution < -0.4 is 5.73 Å². The third-order valence-corrected chi connectivity index (χ3v) is 28.4. The van der Waals surface area contributed by atoms with Crippen LogP contribution in [0.25, 0.3) is 55.2 Å². The molecule has 23 atom stereocenters. The maximum absolute atomic E-state index is 10.8. The molecule has 0 unspecified atom stereocenters. The number of halogens is 9. The molecule has 10 fully saturated rings. The zero-order valence-corrected chi connectivity index (χ0v) is 79.3. The number of aldehydes is 1.